The number of carbonyl (C=O) groups excluding carboxylic acids is 1. The average Bonchev–Trinajstić information content (AvgIpc) is 2.57. The zero-order valence-electron chi connectivity index (χ0n) is 14.5. The maximum absolute atomic E-state index is 12.2. The van der Waals surface area contributed by atoms with Gasteiger partial charge >= 0.3 is 0 Å². The lowest BCUT2D eigenvalue weighted by Gasteiger charge is -2.23. The van der Waals surface area contributed by atoms with Crippen LogP contribution in [-0.4, -0.2) is 40.8 Å². The highest BCUT2D eigenvalue weighted by Crippen LogP contribution is 2.22. The van der Waals surface area contributed by atoms with Gasteiger partial charge in [-0.25, -0.2) is 8.42 Å². The van der Waals surface area contributed by atoms with Gasteiger partial charge in [0.1, 0.15) is 5.75 Å². The van der Waals surface area contributed by atoms with Gasteiger partial charge in [0.15, 0.2) is 0 Å². The van der Waals surface area contributed by atoms with E-state index in [2.05, 4.69) is 5.32 Å². The van der Waals surface area contributed by atoms with E-state index in [0.717, 1.165) is 11.8 Å². The van der Waals surface area contributed by atoms with E-state index in [-0.39, 0.29) is 19.0 Å². The van der Waals surface area contributed by atoms with E-state index in [9.17, 15) is 13.2 Å². The Labute approximate surface area is 148 Å². The molecule has 0 bridgehead atoms. The normalized spacial score (nSPS) is 11.0. The number of rotatable bonds is 7. The van der Waals surface area contributed by atoms with Crippen LogP contribution >= 0.6 is 0 Å². The standard InChI is InChI=1S/C18H22N2O4S/c1-14-6-4-7-15(12-14)18(21)19-10-11-20(25(3,22)23)16-8-5-9-17(13-16)24-2/h4-9,12-13H,10-11H2,1-3H3,(H,19,21). The predicted molar refractivity (Wildman–Crippen MR) is 98.7 cm³/mol. The molecule has 134 valence electrons. The van der Waals surface area contributed by atoms with Crippen LogP contribution in [0.5, 0.6) is 5.75 Å². The Kier molecular flexibility index (Phi) is 6.03. The molecule has 0 aliphatic carbocycles. The van der Waals surface area contributed by atoms with E-state index in [1.165, 1.54) is 11.4 Å². The fourth-order valence-corrected chi connectivity index (χ4v) is 3.33. The van der Waals surface area contributed by atoms with E-state index in [0.29, 0.717) is 17.0 Å². The van der Waals surface area contributed by atoms with Crippen LogP contribution in [0.25, 0.3) is 0 Å². The van der Waals surface area contributed by atoms with Crippen LogP contribution in [0.2, 0.25) is 0 Å². The number of hydrogen-bond donors (Lipinski definition) is 1. The molecular weight excluding hydrogens is 340 g/mol. The van der Waals surface area contributed by atoms with Crippen molar-refractivity contribution in [3.05, 3.63) is 59.7 Å². The third-order valence-corrected chi connectivity index (χ3v) is 4.82. The van der Waals surface area contributed by atoms with Crippen LogP contribution < -0.4 is 14.4 Å². The number of nitrogens with one attached hydrogen (secondary N) is 1. The first-order valence-electron chi connectivity index (χ1n) is 7.78. The third-order valence-electron chi connectivity index (χ3n) is 3.62. The van der Waals surface area contributed by atoms with Gasteiger partial charge in [0.05, 0.1) is 25.6 Å². The lowest BCUT2D eigenvalue weighted by atomic mass is 10.1. The second kappa shape index (κ2) is 8.02. The van der Waals surface area contributed by atoms with Crippen LogP contribution in [-0.2, 0) is 10.0 Å². The van der Waals surface area contributed by atoms with Crippen molar-refractivity contribution in [1.29, 1.82) is 0 Å². The number of anilines is 1. The number of amides is 1. The van der Waals surface area contributed by atoms with Gasteiger partial charge in [-0.2, -0.15) is 0 Å². The molecule has 0 aliphatic rings. The van der Waals surface area contributed by atoms with Crippen molar-refractivity contribution in [3.8, 4) is 5.75 Å². The molecule has 2 rings (SSSR count). The van der Waals surface area contributed by atoms with Crippen molar-refractivity contribution in [2.45, 2.75) is 6.92 Å². The highest BCUT2D eigenvalue weighted by molar-refractivity contribution is 7.92. The molecule has 0 saturated heterocycles. The van der Waals surface area contributed by atoms with Crippen molar-refractivity contribution in [2.24, 2.45) is 0 Å². The number of nitrogens with zero attached hydrogens (tertiary/aromatic N) is 1. The number of sulfonamides is 1. The second-order valence-electron chi connectivity index (χ2n) is 5.66. The molecular formula is C18H22N2O4S. The summed E-state index contributed by atoms with van der Waals surface area (Å²) < 4.78 is 30.6. The summed E-state index contributed by atoms with van der Waals surface area (Å²) in [6, 6.07) is 14.0. The number of hydrogen-bond acceptors (Lipinski definition) is 4. The number of methoxy groups -OCH3 is 1. The molecule has 0 fully saturated rings. The largest absolute Gasteiger partial charge is 0.497 e. The summed E-state index contributed by atoms with van der Waals surface area (Å²) in [4.78, 5) is 12.2. The highest BCUT2D eigenvalue weighted by atomic mass is 32.2. The molecule has 7 heteroatoms. The van der Waals surface area contributed by atoms with Gasteiger partial charge in [-0.15, -0.1) is 0 Å². The molecule has 0 heterocycles. The summed E-state index contributed by atoms with van der Waals surface area (Å²) in [5.74, 6) is 0.331. The highest BCUT2D eigenvalue weighted by Gasteiger charge is 2.18. The van der Waals surface area contributed by atoms with Gasteiger partial charge in [0, 0.05) is 18.2 Å². The average molecular weight is 362 g/mol. The zero-order valence-corrected chi connectivity index (χ0v) is 15.3. The molecule has 0 spiro atoms. The van der Waals surface area contributed by atoms with Crippen LogP contribution in [0.4, 0.5) is 5.69 Å². The van der Waals surface area contributed by atoms with Gasteiger partial charge in [0.25, 0.3) is 5.91 Å². The van der Waals surface area contributed by atoms with Gasteiger partial charge in [-0.1, -0.05) is 23.8 Å². The second-order valence-corrected chi connectivity index (χ2v) is 7.57. The van der Waals surface area contributed by atoms with E-state index >= 15 is 0 Å². The van der Waals surface area contributed by atoms with Gasteiger partial charge in [-0.05, 0) is 31.2 Å². The molecule has 1 N–H and O–H groups in total. The first-order valence-corrected chi connectivity index (χ1v) is 9.63. The summed E-state index contributed by atoms with van der Waals surface area (Å²) >= 11 is 0. The summed E-state index contributed by atoms with van der Waals surface area (Å²) in [5.41, 5.74) is 2.03. The third kappa shape index (κ3) is 5.22. The lowest BCUT2D eigenvalue weighted by molar-refractivity contribution is 0.0954. The Bertz CT molecular complexity index is 850. The molecule has 0 unspecified atom stereocenters. The van der Waals surface area contributed by atoms with Crippen molar-refractivity contribution in [2.75, 3.05) is 30.8 Å². The quantitative estimate of drug-likeness (QED) is 0.819. The Morgan fingerprint density at radius 2 is 1.88 bits per heavy atom. The minimum atomic E-state index is -3.49. The molecule has 0 atom stereocenters. The SMILES string of the molecule is COc1cccc(N(CCNC(=O)c2cccc(C)c2)S(C)(=O)=O)c1. The molecule has 0 radical (unpaired) electrons. The summed E-state index contributed by atoms with van der Waals surface area (Å²) in [7, 11) is -1.97. The minimum Gasteiger partial charge on any atom is -0.497 e. The van der Waals surface area contributed by atoms with Crippen LogP contribution in [0.1, 0.15) is 15.9 Å². The molecule has 2 aromatic rings. The van der Waals surface area contributed by atoms with Crippen molar-refractivity contribution < 1.29 is 17.9 Å². The fourth-order valence-electron chi connectivity index (χ4n) is 2.41. The minimum absolute atomic E-state index is 0.129. The molecule has 6 nitrogen and oxygen atoms in total. The molecule has 25 heavy (non-hydrogen) atoms. The molecule has 2 aromatic carbocycles. The van der Waals surface area contributed by atoms with Crippen molar-refractivity contribution in [1.82, 2.24) is 5.32 Å². The van der Waals surface area contributed by atoms with Crippen LogP contribution in [0.15, 0.2) is 48.5 Å². The number of aryl methyl sites for hydroxylation is 1. The number of benzene rings is 2. The summed E-state index contributed by atoms with van der Waals surface area (Å²) in [6.07, 6.45) is 1.13. The molecule has 0 saturated carbocycles. The van der Waals surface area contributed by atoms with Crippen molar-refractivity contribution >= 4 is 21.6 Å². The Morgan fingerprint density at radius 3 is 2.52 bits per heavy atom. The lowest BCUT2D eigenvalue weighted by Crippen LogP contribution is -2.38. The Hall–Kier alpha value is -2.54. The number of carbonyl (C=O) groups is 1. The smallest absolute Gasteiger partial charge is 0.251 e. The van der Waals surface area contributed by atoms with E-state index < -0.39 is 10.0 Å². The first-order chi connectivity index (χ1) is 11.8. The predicted octanol–water partition coefficient (Wildman–Crippen LogP) is 2.20. The molecule has 0 aromatic heterocycles. The Morgan fingerprint density at radius 1 is 1.16 bits per heavy atom. The van der Waals surface area contributed by atoms with Crippen LogP contribution in [0.3, 0.4) is 0 Å². The van der Waals surface area contributed by atoms with E-state index in [4.69, 9.17) is 4.74 Å². The Balaban J connectivity index is 2.07. The monoisotopic (exact) mass is 362 g/mol. The van der Waals surface area contributed by atoms with Crippen molar-refractivity contribution in [3.63, 3.8) is 0 Å². The van der Waals surface area contributed by atoms with Gasteiger partial charge in [-0.3, -0.25) is 9.10 Å². The summed E-state index contributed by atoms with van der Waals surface area (Å²) in [5, 5.41) is 2.75. The maximum Gasteiger partial charge on any atom is 0.251 e. The molecule has 0 aliphatic heterocycles. The van der Waals surface area contributed by atoms with Gasteiger partial charge < -0.3 is 10.1 Å². The van der Waals surface area contributed by atoms with E-state index in [1.807, 2.05) is 19.1 Å². The van der Waals surface area contributed by atoms with E-state index in [1.54, 1.807) is 36.4 Å². The maximum atomic E-state index is 12.2. The topological polar surface area (TPSA) is 75.7 Å². The first kappa shape index (κ1) is 18.8. The molecule has 1 amide bonds. The number of ether oxygens (including phenoxy) is 1. The fraction of sp³-hybridized carbons (Fsp3) is 0.278. The zero-order chi connectivity index (χ0) is 18.4. The van der Waals surface area contributed by atoms with Crippen LogP contribution in [0, 0.1) is 6.92 Å². The summed E-state index contributed by atoms with van der Waals surface area (Å²) in [6.45, 7) is 2.23. The van der Waals surface area contributed by atoms with Gasteiger partial charge in [0.2, 0.25) is 10.0 Å².